The number of H-pyrrole nitrogens is 1. The van der Waals surface area contributed by atoms with E-state index in [2.05, 4.69) is 20.6 Å². The van der Waals surface area contributed by atoms with Crippen molar-refractivity contribution in [3.05, 3.63) is 36.4 Å². The number of anilines is 3. The molecule has 7 heteroatoms. The van der Waals surface area contributed by atoms with Crippen LogP contribution >= 0.6 is 0 Å². The molecule has 1 amide bonds. The van der Waals surface area contributed by atoms with Crippen LogP contribution in [0.3, 0.4) is 0 Å². The highest BCUT2D eigenvalue weighted by Crippen LogP contribution is 2.32. The van der Waals surface area contributed by atoms with Crippen molar-refractivity contribution in [2.75, 3.05) is 24.9 Å². The van der Waals surface area contributed by atoms with Crippen molar-refractivity contribution in [2.24, 2.45) is 0 Å². The molecular formula is C17H18N4O3. The monoisotopic (exact) mass is 326 g/mol. The fourth-order valence-electron chi connectivity index (χ4n) is 2.37. The third-order valence-electron chi connectivity index (χ3n) is 3.46. The third kappa shape index (κ3) is 3.24. The standard InChI is InChI=1S/C17H18N4O3/c1-10(22)18-11-4-6-12(7-5-11)19-17-20-13-8-15(23-2)16(24-3)9-14(13)21-17/h4-9H,1-3H3,(H,18,22)(H2,19,20,21). The highest BCUT2D eigenvalue weighted by Gasteiger charge is 2.10. The number of carbonyl (C=O) groups is 1. The van der Waals surface area contributed by atoms with E-state index in [0.717, 1.165) is 22.4 Å². The first kappa shape index (κ1) is 15.7. The molecule has 0 spiro atoms. The average molecular weight is 326 g/mol. The van der Waals surface area contributed by atoms with Crippen molar-refractivity contribution in [3.63, 3.8) is 0 Å². The SMILES string of the molecule is COc1cc2nc(Nc3ccc(NC(C)=O)cc3)[nH]c2cc1OC. The number of imidazole rings is 1. The molecule has 2 aromatic carbocycles. The van der Waals surface area contributed by atoms with E-state index in [9.17, 15) is 4.79 Å². The van der Waals surface area contributed by atoms with E-state index in [1.165, 1.54) is 6.92 Å². The summed E-state index contributed by atoms with van der Waals surface area (Å²) in [7, 11) is 3.18. The number of fused-ring (bicyclic) bond motifs is 1. The number of methoxy groups -OCH3 is 2. The lowest BCUT2D eigenvalue weighted by Gasteiger charge is -2.06. The van der Waals surface area contributed by atoms with Crippen LogP contribution in [0.1, 0.15) is 6.92 Å². The topological polar surface area (TPSA) is 88.3 Å². The molecule has 0 saturated carbocycles. The summed E-state index contributed by atoms with van der Waals surface area (Å²) in [6, 6.07) is 11.0. The molecule has 0 radical (unpaired) electrons. The molecule has 0 aliphatic rings. The maximum Gasteiger partial charge on any atom is 0.221 e. The zero-order valence-corrected chi connectivity index (χ0v) is 13.6. The number of hydrogen-bond donors (Lipinski definition) is 3. The number of aromatic nitrogens is 2. The van der Waals surface area contributed by atoms with E-state index in [1.807, 2.05) is 36.4 Å². The fraction of sp³-hybridized carbons (Fsp3) is 0.176. The van der Waals surface area contributed by atoms with Crippen molar-refractivity contribution in [1.82, 2.24) is 9.97 Å². The van der Waals surface area contributed by atoms with Crippen molar-refractivity contribution in [2.45, 2.75) is 6.92 Å². The second kappa shape index (κ2) is 6.49. The van der Waals surface area contributed by atoms with Gasteiger partial charge in [-0.3, -0.25) is 4.79 Å². The Morgan fingerprint density at radius 3 is 2.29 bits per heavy atom. The van der Waals surface area contributed by atoms with Gasteiger partial charge in [0.25, 0.3) is 0 Å². The first-order chi connectivity index (χ1) is 11.6. The molecule has 0 bridgehead atoms. The first-order valence-corrected chi connectivity index (χ1v) is 7.35. The minimum atomic E-state index is -0.101. The summed E-state index contributed by atoms with van der Waals surface area (Å²) in [5.74, 6) is 1.77. The summed E-state index contributed by atoms with van der Waals surface area (Å²) in [5, 5.41) is 5.91. The fourth-order valence-corrected chi connectivity index (χ4v) is 2.37. The molecule has 124 valence electrons. The number of carbonyl (C=O) groups excluding carboxylic acids is 1. The van der Waals surface area contributed by atoms with Gasteiger partial charge in [0, 0.05) is 30.4 Å². The second-order valence-corrected chi connectivity index (χ2v) is 5.19. The van der Waals surface area contributed by atoms with Crippen LogP contribution in [0.4, 0.5) is 17.3 Å². The Balaban J connectivity index is 1.83. The van der Waals surface area contributed by atoms with Gasteiger partial charge in [0.2, 0.25) is 11.9 Å². The minimum Gasteiger partial charge on any atom is -0.493 e. The number of ether oxygens (including phenoxy) is 2. The number of rotatable bonds is 5. The van der Waals surface area contributed by atoms with Crippen LogP contribution in [0, 0.1) is 0 Å². The van der Waals surface area contributed by atoms with Crippen molar-refractivity contribution >= 4 is 34.3 Å². The summed E-state index contributed by atoms with van der Waals surface area (Å²) in [5.41, 5.74) is 3.20. The number of aromatic amines is 1. The zero-order valence-electron chi connectivity index (χ0n) is 13.6. The minimum absolute atomic E-state index is 0.101. The Bertz CT molecular complexity index is 830. The van der Waals surface area contributed by atoms with Crippen LogP contribution in [0.2, 0.25) is 0 Å². The summed E-state index contributed by atoms with van der Waals surface area (Å²) >= 11 is 0. The van der Waals surface area contributed by atoms with Crippen LogP contribution in [0.15, 0.2) is 36.4 Å². The van der Waals surface area contributed by atoms with Crippen molar-refractivity contribution < 1.29 is 14.3 Å². The summed E-state index contributed by atoms with van der Waals surface area (Å²) in [6.07, 6.45) is 0. The lowest BCUT2D eigenvalue weighted by molar-refractivity contribution is -0.114. The molecule has 3 rings (SSSR count). The number of benzene rings is 2. The van der Waals surface area contributed by atoms with Gasteiger partial charge in [0.05, 0.1) is 25.3 Å². The van der Waals surface area contributed by atoms with Gasteiger partial charge in [-0.05, 0) is 24.3 Å². The molecule has 3 aromatic rings. The molecule has 0 fully saturated rings. The van der Waals surface area contributed by atoms with Gasteiger partial charge < -0.3 is 25.1 Å². The van der Waals surface area contributed by atoms with Gasteiger partial charge in [-0.2, -0.15) is 0 Å². The van der Waals surface area contributed by atoms with Gasteiger partial charge in [-0.1, -0.05) is 0 Å². The second-order valence-electron chi connectivity index (χ2n) is 5.19. The van der Waals surface area contributed by atoms with Gasteiger partial charge in [-0.15, -0.1) is 0 Å². The lowest BCUT2D eigenvalue weighted by Crippen LogP contribution is -2.05. The number of amides is 1. The Morgan fingerprint density at radius 1 is 1.04 bits per heavy atom. The predicted molar refractivity (Wildman–Crippen MR) is 93.2 cm³/mol. The summed E-state index contributed by atoms with van der Waals surface area (Å²) < 4.78 is 10.6. The molecular weight excluding hydrogens is 308 g/mol. The molecule has 1 heterocycles. The largest absolute Gasteiger partial charge is 0.493 e. The number of hydrogen-bond acceptors (Lipinski definition) is 5. The van der Waals surface area contributed by atoms with Gasteiger partial charge in [0.15, 0.2) is 11.5 Å². The first-order valence-electron chi connectivity index (χ1n) is 7.35. The quantitative estimate of drug-likeness (QED) is 0.669. The molecule has 0 aliphatic heterocycles. The number of nitrogens with zero attached hydrogens (tertiary/aromatic N) is 1. The van der Waals surface area contributed by atoms with E-state index in [-0.39, 0.29) is 5.91 Å². The third-order valence-corrected chi connectivity index (χ3v) is 3.46. The van der Waals surface area contributed by atoms with Crippen LogP contribution in [0.25, 0.3) is 11.0 Å². The summed E-state index contributed by atoms with van der Waals surface area (Å²) in [6.45, 7) is 1.48. The van der Waals surface area contributed by atoms with E-state index in [0.29, 0.717) is 17.4 Å². The Hall–Kier alpha value is -3.22. The van der Waals surface area contributed by atoms with Crippen LogP contribution < -0.4 is 20.1 Å². The van der Waals surface area contributed by atoms with E-state index >= 15 is 0 Å². The van der Waals surface area contributed by atoms with Gasteiger partial charge in [-0.25, -0.2) is 4.98 Å². The van der Waals surface area contributed by atoms with Crippen molar-refractivity contribution in [1.29, 1.82) is 0 Å². The predicted octanol–water partition coefficient (Wildman–Crippen LogP) is 3.28. The van der Waals surface area contributed by atoms with E-state index in [4.69, 9.17) is 9.47 Å². The smallest absolute Gasteiger partial charge is 0.221 e. The van der Waals surface area contributed by atoms with E-state index < -0.39 is 0 Å². The zero-order chi connectivity index (χ0) is 17.1. The lowest BCUT2D eigenvalue weighted by atomic mass is 10.3. The summed E-state index contributed by atoms with van der Waals surface area (Å²) in [4.78, 5) is 18.7. The number of nitrogens with one attached hydrogen (secondary N) is 3. The van der Waals surface area contributed by atoms with Crippen molar-refractivity contribution in [3.8, 4) is 11.5 Å². The highest BCUT2D eigenvalue weighted by atomic mass is 16.5. The highest BCUT2D eigenvalue weighted by molar-refractivity contribution is 5.89. The van der Waals surface area contributed by atoms with Crippen LogP contribution in [0.5, 0.6) is 11.5 Å². The normalized spacial score (nSPS) is 10.5. The Kier molecular flexibility index (Phi) is 4.24. The molecule has 0 aliphatic carbocycles. The average Bonchev–Trinajstić information content (AvgIpc) is 2.95. The maximum atomic E-state index is 11.0. The molecule has 3 N–H and O–H groups in total. The molecule has 1 aromatic heterocycles. The van der Waals surface area contributed by atoms with Crippen LogP contribution in [-0.4, -0.2) is 30.1 Å². The maximum absolute atomic E-state index is 11.0. The molecule has 0 unspecified atom stereocenters. The Labute approximate surface area is 139 Å². The van der Waals surface area contributed by atoms with Gasteiger partial charge >= 0.3 is 0 Å². The Morgan fingerprint density at radius 2 is 1.67 bits per heavy atom. The van der Waals surface area contributed by atoms with Gasteiger partial charge in [0.1, 0.15) is 0 Å². The van der Waals surface area contributed by atoms with E-state index in [1.54, 1.807) is 14.2 Å². The van der Waals surface area contributed by atoms with Crippen LogP contribution in [-0.2, 0) is 4.79 Å². The molecule has 0 atom stereocenters. The molecule has 7 nitrogen and oxygen atoms in total. The molecule has 0 saturated heterocycles. The molecule has 24 heavy (non-hydrogen) atoms.